The second-order valence-electron chi connectivity index (χ2n) is 7.89. The number of anilines is 1. The summed E-state index contributed by atoms with van der Waals surface area (Å²) in [6, 6.07) is 6.11. The number of ether oxygens (including phenoxy) is 1. The van der Waals surface area contributed by atoms with E-state index >= 15 is 0 Å². The number of halogens is 3. The number of hydrogen-bond donors (Lipinski definition) is 2. The molecule has 2 N–H and O–H groups in total. The fourth-order valence-corrected chi connectivity index (χ4v) is 4.99. The highest BCUT2D eigenvalue weighted by Gasteiger charge is 2.48. The molecule has 180 valence electrons. The molecule has 0 bridgehead atoms. The van der Waals surface area contributed by atoms with Gasteiger partial charge in [0, 0.05) is 11.3 Å². The Morgan fingerprint density at radius 2 is 1.58 bits per heavy atom. The number of nitrogens with one attached hydrogen (secondary N) is 1. The van der Waals surface area contributed by atoms with Gasteiger partial charge in [-0.1, -0.05) is 17.7 Å². The molecular formula is C22H24F3NO6S. The van der Waals surface area contributed by atoms with Crippen molar-refractivity contribution in [2.24, 2.45) is 0 Å². The summed E-state index contributed by atoms with van der Waals surface area (Å²) in [5.74, 6) is -7.30. The second-order valence-corrected chi connectivity index (χ2v) is 9.51. The minimum atomic E-state index is -5.40. The van der Waals surface area contributed by atoms with E-state index in [-0.39, 0.29) is 10.6 Å². The molecule has 0 unspecified atom stereocenters. The Hall–Kier alpha value is -3.08. The van der Waals surface area contributed by atoms with Crippen LogP contribution in [0.5, 0.6) is 5.75 Å². The van der Waals surface area contributed by atoms with E-state index in [4.69, 9.17) is 4.74 Å². The van der Waals surface area contributed by atoms with Crippen LogP contribution < -0.4 is 4.72 Å². The van der Waals surface area contributed by atoms with E-state index in [1.54, 1.807) is 32.9 Å². The molecule has 2 rings (SSSR count). The zero-order chi connectivity index (χ0) is 25.3. The summed E-state index contributed by atoms with van der Waals surface area (Å²) in [7, 11) is -4.19. The Morgan fingerprint density at radius 3 is 2.06 bits per heavy atom. The first-order chi connectivity index (χ1) is 15.0. The predicted octanol–water partition coefficient (Wildman–Crippen LogP) is 4.28. The third kappa shape index (κ3) is 6.04. The summed E-state index contributed by atoms with van der Waals surface area (Å²) in [6.07, 6.45) is -6.24. The van der Waals surface area contributed by atoms with Crippen molar-refractivity contribution in [1.29, 1.82) is 0 Å². The molecule has 0 aliphatic carbocycles. The highest BCUT2D eigenvalue weighted by molar-refractivity contribution is 7.92. The number of carbonyl (C=O) groups excluding carboxylic acids is 2. The average molecular weight is 487 g/mol. The highest BCUT2D eigenvalue weighted by Crippen LogP contribution is 2.36. The lowest BCUT2D eigenvalue weighted by Gasteiger charge is -2.20. The molecule has 0 spiro atoms. The maximum absolute atomic E-state index is 13.2. The Morgan fingerprint density at radius 1 is 1.03 bits per heavy atom. The number of aromatic hydroxyl groups is 1. The number of Topliss-reactive ketones (excluding diaryl/α,β-unsaturated/α-hetero) is 1. The number of esters is 1. The monoisotopic (exact) mass is 487 g/mol. The summed E-state index contributed by atoms with van der Waals surface area (Å²) in [6.45, 7) is 7.74. The van der Waals surface area contributed by atoms with Gasteiger partial charge in [-0.05, 0) is 63.9 Å². The van der Waals surface area contributed by atoms with E-state index in [9.17, 15) is 36.3 Å². The molecule has 0 aliphatic rings. The molecule has 0 fully saturated rings. The SMILES string of the molecule is Cc1cc(C)c(S(=O)(=O)Nc2ccc(O)c([C@@H](C(=O)OC(C)C)C(=O)C(F)(F)F)c2)c(C)c1. The van der Waals surface area contributed by atoms with Gasteiger partial charge in [-0.15, -0.1) is 0 Å². The molecule has 0 heterocycles. The molecule has 0 saturated carbocycles. The van der Waals surface area contributed by atoms with Crippen molar-refractivity contribution in [3.8, 4) is 5.75 Å². The number of ketones is 1. The second kappa shape index (κ2) is 9.42. The van der Waals surface area contributed by atoms with Gasteiger partial charge in [-0.2, -0.15) is 13.2 Å². The van der Waals surface area contributed by atoms with Gasteiger partial charge in [0.05, 0.1) is 11.0 Å². The Kier molecular flexibility index (Phi) is 7.47. The van der Waals surface area contributed by atoms with Crippen molar-refractivity contribution in [1.82, 2.24) is 0 Å². The maximum Gasteiger partial charge on any atom is 0.451 e. The number of hydrogen-bond acceptors (Lipinski definition) is 6. The van der Waals surface area contributed by atoms with Crippen molar-refractivity contribution >= 4 is 27.5 Å². The number of aryl methyl sites for hydroxylation is 3. The topological polar surface area (TPSA) is 110 Å². The summed E-state index contributed by atoms with van der Waals surface area (Å²) in [4.78, 5) is 24.3. The van der Waals surface area contributed by atoms with Gasteiger partial charge >= 0.3 is 12.1 Å². The van der Waals surface area contributed by atoms with Gasteiger partial charge in [0.15, 0.2) is 5.92 Å². The lowest BCUT2D eigenvalue weighted by Crippen LogP contribution is -2.35. The molecule has 0 aliphatic heterocycles. The van der Waals surface area contributed by atoms with Crippen LogP contribution in [0.25, 0.3) is 0 Å². The van der Waals surface area contributed by atoms with Gasteiger partial charge in [0.1, 0.15) is 5.75 Å². The Balaban J connectivity index is 2.57. The van der Waals surface area contributed by atoms with Gasteiger partial charge < -0.3 is 9.84 Å². The van der Waals surface area contributed by atoms with Crippen molar-refractivity contribution in [2.45, 2.75) is 57.7 Å². The fraction of sp³-hybridized carbons (Fsp3) is 0.364. The maximum atomic E-state index is 13.2. The molecule has 0 aromatic heterocycles. The Labute approximate surface area is 189 Å². The van der Waals surface area contributed by atoms with Crippen LogP contribution in [0.2, 0.25) is 0 Å². The van der Waals surface area contributed by atoms with Gasteiger partial charge in [-0.25, -0.2) is 8.42 Å². The van der Waals surface area contributed by atoms with Crippen molar-refractivity contribution in [3.63, 3.8) is 0 Å². The number of rotatable bonds is 7. The summed E-state index contributed by atoms with van der Waals surface area (Å²) < 4.78 is 72.5. The van der Waals surface area contributed by atoms with Crippen LogP contribution in [-0.4, -0.2) is 37.6 Å². The molecule has 11 heteroatoms. The quantitative estimate of drug-likeness (QED) is 0.343. The third-order valence-electron chi connectivity index (χ3n) is 4.59. The predicted molar refractivity (Wildman–Crippen MR) is 115 cm³/mol. The van der Waals surface area contributed by atoms with Crippen LogP contribution in [0.1, 0.15) is 42.0 Å². The van der Waals surface area contributed by atoms with E-state index in [1.807, 2.05) is 0 Å². The lowest BCUT2D eigenvalue weighted by molar-refractivity contribution is -0.178. The largest absolute Gasteiger partial charge is 0.508 e. The van der Waals surface area contributed by atoms with Crippen LogP contribution in [0.3, 0.4) is 0 Å². The number of sulfonamides is 1. The van der Waals surface area contributed by atoms with Crippen LogP contribution in [0, 0.1) is 20.8 Å². The van der Waals surface area contributed by atoms with Crippen LogP contribution >= 0.6 is 0 Å². The molecule has 0 saturated heterocycles. The summed E-state index contributed by atoms with van der Waals surface area (Å²) in [5, 5.41) is 10.1. The molecule has 33 heavy (non-hydrogen) atoms. The Bertz CT molecular complexity index is 1170. The molecule has 2 aromatic carbocycles. The first kappa shape index (κ1) is 26.2. The van der Waals surface area contributed by atoms with Gasteiger partial charge in [0.2, 0.25) is 0 Å². The number of alkyl halides is 3. The zero-order valence-electron chi connectivity index (χ0n) is 18.6. The lowest BCUT2D eigenvalue weighted by atomic mass is 9.93. The van der Waals surface area contributed by atoms with Crippen molar-refractivity contribution < 1.29 is 41.0 Å². The van der Waals surface area contributed by atoms with Crippen LogP contribution in [-0.2, 0) is 24.3 Å². The average Bonchev–Trinajstić information content (AvgIpc) is 2.61. The van der Waals surface area contributed by atoms with Crippen molar-refractivity contribution in [3.05, 3.63) is 52.6 Å². The normalized spacial score (nSPS) is 13.0. The highest BCUT2D eigenvalue weighted by atomic mass is 32.2. The first-order valence-corrected chi connectivity index (χ1v) is 11.3. The molecule has 0 amide bonds. The molecule has 2 aromatic rings. The van der Waals surface area contributed by atoms with E-state index in [2.05, 4.69) is 4.72 Å². The van der Waals surface area contributed by atoms with Crippen LogP contribution in [0.4, 0.5) is 18.9 Å². The van der Waals surface area contributed by atoms with E-state index in [0.29, 0.717) is 11.1 Å². The molecule has 1 atom stereocenters. The number of benzene rings is 2. The molecule has 0 radical (unpaired) electrons. The van der Waals surface area contributed by atoms with E-state index in [1.165, 1.54) is 13.8 Å². The fourth-order valence-electron chi connectivity index (χ4n) is 3.49. The number of phenolic OH excluding ortho intramolecular Hbond substituents is 1. The minimum absolute atomic E-state index is 0.0233. The zero-order valence-corrected chi connectivity index (χ0v) is 19.4. The van der Waals surface area contributed by atoms with Gasteiger partial charge in [-0.3, -0.25) is 14.3 Å². The third-order valence-corrected chi connectivity index (χ3v) is 6.28. The smallest absolute Gasteiger partial charge is 0.451 e. The number of carbonyl (C=O) groups is 2. The standard InChI is InChI=1S/C22H24F3NO6S/c1-11(2)32-21(29)18(20(28)22(23,24)25)16-10-15(6-7-17(16)27)26-33(30,31)19-13(4)8-12(3)9-14(19)5/h6-11,18,26-27H,1-5H3/t18-/m1/s1. The molecular weight excluding hydrogens is 463 g/mol. The first-order valence-electron chi connectivity index (χ1n) is 9.79. The van der Waals surface area contributed by atoms with E-state index < -0.39 is 51.3 Å². The van der Waals surface area contributed by atoms with Crippen LogP contribution in [0.15, 0.2) is 35.2 Å². The summed E-state index contributed by atoms with van der Waals surface area (Å²) in [5.41, 5.74) is 0.752. The summed E-state index contributed by atoms with van der Waals surface area (Å²) >= 11 is 0. The molecule has 7 nitrogen and oxygen atoms in total. The van der Waals surface area contributed by atoms with Gasteiger partial charge in [0.25, 0.3) is 15.8 Å². The van der Waals surface area contributed by atoms with Crippen molar-refractivity contribution in [2.75, 3.05) is 4.72 Å². The number of phenols is 1. The van der Waals surface area contributed by atoms with E-state index in [0.717, 1.165) is 23.8 Å². The minimum Gasteiger partial charge on any atom is -0.508 e.